The summed E-state index contributed by atoms with van der Waals surface area (Å²) in [6, 6.07) is 3.60. The van der Waals surface area contributed by atoms with Crippen molar-refractivity contribution in [3.63, 3.8) is 0 Å². The second kappa shape index (κ2) is 4.33. The van der Waals surface area contributed by atoms with Crippen molar-refractivity contribution >= 4 is 16.6 Å². The quantitative estimate of drug-likeness (QED) is 0.669. The van der Waals surface area contributed by atoms with Crippen LogP contribution >= 0.6 is 0 Å². The molecule has 9 heteroatoms. The number of nitrogens with zero attached hydrogens (tertiary/aromatic N) is 3. The summed E-state index contributed by atoms with van der Waals surface area (Å²) < 4.78 is 38.7. The number of hydrogen-bond donors (Lipinski definition) is 2. The number of aromatic nitrogens is 4. The minimum atomic E-state index is -4.54. The van der Waals surface area contributed by atoms with Crippen molar-refractivity contribution in [3.8, 4) is 5.69 Å². The zero-order chi connectivity index (χ0) is 15.2. The molecule has 0 aliphatic rings. The summed E-state index contributed by atoms with van der Waals surface area (Å²) in [7, 11) is 0. The van der Waals surface area contributed by atoms with Gasteiger partial charge in [-0.1, -0.05) is 0 Å². The Morgan fingerprint density at radius 2 is 2.05 bits per heavy atom. The van der Waals surface area contributed by atoms with E-state index < -0.39 is 11.9 Å². The van der Waals surface area contributed by atoms with Crippen LogP contribution in [-0.2, 0) is 6.18 Å². The lowest BCUT2D eigenvalue weighted by atomic mass is 10.2. The number of H-pyrrole nitrogens is 1. The van der Waals surface area contributed by atoms with Gasteiger partial charge < -0.3 is 10.7 Å². The summed E-state index contributed by atoms with van der Waals surface area (Å²) in [5, 5.41) is 3.69. The van der Waals surface area contributed by atoms with Gasteiger partial charge in [0.1, 0.15) is 0 Å². The molecule has 108 valence electrons. The number of nitrogens with two attached hydrogens (primary N) is 1. The first-order valence-electron chi connectivity index (χ1n) is 5.76. The second-order valence-electron chi connectivity index (χ2n) is 4.30. The molecular formula is C12H8F3N5O. The molecule has 2 aromatic heterocycles. The summed E-state index contributed by atoms with van der Waals surface area (Å²) in [4.78, 5) is 17.9. The Kier molecular flexibility index (Phi) is 2.71. The van der Waals surface area contributed by atoms with Crippen molar-refractivity contribution in [1.82, 2.24) is 19.7 Å². The van der Waals surface area contributed by atoms with E-state index in [-0.39, 0.29) is 22.3 Å². The zero-order valence-corrected chi connectivity index (χ0v) is 10.3. The Balaban J connectivity index is 2.19. The Morgan fingerprint density at radius 3 is 2.71 bits per heavy atom. The summed E-state index contributed by atoms with van der Waals surface area (Å²) >= 11 is 0. The molecule has 3 N–H and O–H groups in total. The minimum absolute atomic E-state index is 0.123. The Bertz CT molecular complexity index is 880. The fraction of sp³-hybridized carbons (Fsp3) is 0.0833. The van der Waals surface area contributed by atoms with Crippen molar-refractivity contribution in [1.29, 1.82) is 0 Å². The van der Waals surface area contributed by atoms with Gasteiger partial charge in [0, 0.05) is 6.20 Å². The van der Waals surface area contributed by atoms with E-state index in [1.165, 1.54) is 18.5 Å². The van der Waals surface area contributed by atoms with E-state index in [4.69, 9.17) is 5.73 Å². The number of alkyl halides is 3. The lowest BCUT2D eigenvalue weighted by Crippen LogP contribution is -2.10. The van der Waals surface area contributed by atoms with Gasteiger partial charge in [0.2, 0.25) is 0 Å². The second-order valence-corrected chi connectivity index (χ2v) is 4.30. The van der Waals surface area contributed by atoms with Gasteiger partial charge in [-0.2, -0.15) is 18.3 Å². The van der Waals surface area contributed by atoms with E-state index in [9.17, 15) is 18.0 Å². The fourth-order valence-corrected chi connectivity index (χ4v) is 1.93. The highest BCUT2D eigenvalue weighted by atomic mass is 19.4. The van der Waals surface area contributed by atoms with Crippen LogP contribution in [-0.4, -0.2) is 19.7 Å². The summed E-state index contributed by atoms with van der Waals surface area (Å²) in [6.45, 7) is 0. The van der Waals surface area contributed by atoms with Gasteiger partial charge in [-0.15, -0.1) is 0 Å². The zero-order valence-electron chi connectivity index (χ0n) is 10.3. The first-order valence-corrected chi connectivity index (χ1v) is 5.76. The smallest absolute Gasteiger partial charge is 0.397 e. The summed E-state index contributed by atoms with van der Waals surface area (Å²) in [5.74, 6) is 0. The number of nitrogen functional groups attached to an aromatic ring is 1. The molecule has 1 aromatic carbocycles. The van der Waals surface area contributed by atoms with Crippen molar-refractivity contribution in [2.24, 2.45) is 0 Å². The Hall–Kier alpha value is -2.84. The lowest BCUT2D eigenvalue weighted by molar-refractivity contribution is -0.141. The minimum Gasteiger partial charge on any atom is -0.397 e. The largest absolute Gasteiger partial charge is 0.435 e. The molecule has 2 heterocycles. The monoisotopic (exact) mass is 295 g/mol. The van der Waals surface area contributed by atoms with Gasteiger partial charge >= 0.3 is 6.18 Å². The van der Waals surface area contributed by atoms with Crippen LogP contribution in [0.15, 0.2) is 35.5 Å². The Labute approximate surface area is 115 Å². The van der Waals surface area contributed by atoms with Crippen LogP contribution in [0.5, 0.6) is 0 Å². The molecule has 0 saturated heterocycles. The van der Waals surface area contributed by atoms with Crippen molar-refractivity contribution in [2.75, 3.05) is 5.73 Å². The van der Waals surface area contributed by atoms with Crippen LogP contribution in [0.25, 0.3) is 16.6 Å². The first-order chi connectivity index (χ1) is 9.86. The predicted octanol–water partition coefficient (Wildman–Crippen LogP) is 1.71. The highest BCUT2D eigenvalue weighted by molar-refractivity contribution is 5.85. The molecule has 0 aliphatic heterocycles. The van der Waals surface area contributed by atoms with E-state index in [0.29, 0.717) is 5.52 Å². The lowest BCUT2D eigenvalue weighted by Gasteiger charge is -2.07. The normalized spacial score (nSPS) is 12.0. The van der Waals surface area contributed by atoms with Crippen LogP contribution in [0.1, 0.15) is 5.69 Å². The third-order valence-corrected chi connectivity index (χ3v) is 2.92. The van der Waals surface area contributed by atoms with Crippen LogP contribution in [0.3, 0.4) is 0 Å². The molecule has 0 fully saturated rings. The third-order valence-electron chi connectivity index (χ3n) is 2.92. The van der Waals surface area contributed by atoms with Gasteiger partial charge in [0.25, 0.3) is 5.56 Å². The number of hydrogen-bond acceptors (Lipinski definition) is 4. The van der Waals surface area contributed by atoms with Crippen LogP contribution in [0.2, 0.25) is 0 Å². The molecule has 3 aromatic rings. The van der Waals surface area contributed by atoms with Gasteiger partial charge in [-0.25, -0.2) is 9.67 Å². The molecule has 0 atom stereocenters. The number of anilines is 1. The van der Waals surface area contributed by atoms with Gasteiger partial charge in [-0.3, -0.25) is 4.79 Å². The van der Waals surface area contributed by atoms with E-state index >= 15 is 0 Å². The molecule has 0 unspecified atom stereocenters. The number of halogens is 3. The molecule has 0 bridgehead atoms. The van der Waals surface area contributed by atoms with E-state index in [1.54, 1.807) is 0 Å². The molecule has 21 heavy (non-hydrogen) atoms. The van der Waals surface area contributed by atoms with Crippen molar-refractivity contribution < 1.29 is 13.2 Å². The third kappa shape index (κ3) is 2.22. The van der Waals surface area contributed by atoms with Gasteiger partial charge in [-0.05, 0) is 18.2 Å². The van der Waals surface area contributed by atoms with Gasteiger partial charge in [0.15, 0.2) is 5.69 Å². The summed E-state index contributed by atoms with van der Waals surface area (Å²) in [5.41, 5.74) is 5.03. The maximum Gasteiger partial charge on any atom is 0.435 e. The van der Waals surface area contributed by atoms with Crippen LogP contribution < -0.4 is 11.3 Å². The number of rotatable bonds is 1. The van der Waals surface area contributed by atoms with E-state index in [1.807, 2.05) is 0 Å². The molecule has 6 nitrogen and oxygen atoms in total. The maximum absolute atomic E-state index is 12.6. The number of aromatic amines is 1. The van der Waals surface area contributed by atoms with Crippen LogP contribution in [0, 0.1) is 0 Å². The Morgan fingerprint density at radius 1 is 1.29 bits per heavy atom. The molecule has 0 spiro atoms. The SMILES string of the molecule is Nc1cc2c(=O)[nH]cnc2cc1-n1ccc(C(F)(F)F)n1. The number of fused-ring (bicyclic) bond motifs is 1. The van der Waals surface area contributed by atoms with Crippen molar-refractivity contribution in [3.05, 3.63) is 46.8 Å². The molecule has 0 aliphatic carbocycles. The molecule has 0 saturated carbocycles. The average Bonchev–Trinajstić information content (AvgIpc) is 2.88. The van der Waals surface area contributed by atoms with Crippen LogP contribution in [0.4, 0.5) is 18.9 Å². The maximum atomic E-state index is 12.6. The van der Waals surface area contributed by atoms with Crippen molar-refractivity contribution in [2.45, 2.75) is 6.18 Å². The average molecular weight is 295 g/mol. The summed E-state index contributed by atoms with van der Waals surface area (Å²) in [6.07, 6.45) is -2.19. The highest BCUT2D eigenvalue weighted by Gasteiger charge is 2.33. The predicted molar refractivity (Wildman–Crippen MR) is 68.9 cm³/mol. The van der Waals surface area contributed by atoms with E-state index in [2.05, 4.69) is 15.1 Å². The molecule has 0 radical (unpaired) electrons. The standard InChI is InChI=1S/C12H8F3N5O/c13-12(14,15)10-1-2-20(19-10)9-4-8-6(3-7(9)16)11(21)18-5-17-8/h1-5H,16H2,(H,17,18,21). The topological polar surface area (TPSA) is 89.6 Å². The van der Waals surface area contributed by atoms with Gasteiger partial charge in [0.05, 0.1) is 28.6 Å². The fourth-order valence-electron chi connectivity index (χ4n) is 1.93. The number of benzene rings is 1. The molecule has 3 rings (SSSR count). The first kappa shape index (κ1) is 13.2. The molecule has 0 amide bonds. The highest BCUT2D eigenvalue weighted by Crippen LogP contribution is 2.29. The number of nitrogens with one attached hydrogen (secondary N) is 1. The van der Waals surface area contributed by atoms with E-state index in [0.717, 1.165) is 16.9 Å². The molecular weight excluding hydrogens is 287 g/mol.